The first-order valence-corrected chi connectivity index (χ1v) is 10.4. The molecule has 0 unspecified atom stereocenters. The summed E-state index contributed by atoms with van der Waals surface area (Å²) in [7, 11) is 0. The van der Waals surface area contributed by atoms with Crippen molar-refractivity contribution in [2.24, 2.45) is 11.7 Å². The van der Waals surface area contributed by atoms with Crippen molar-refractivity contribution in [3.8, 4) is 5.75 Å². The van der Waals surface area contributed by atoms with Crippen molar-refractivity contribution in [3.63, 3.8) is 0 Å². The highest BCUT2D eigenvalue weighted by atomic mass is 16.8. The summed E-state index contributed by atoms with van der Waals surface area (Å²) in [6, 6.07) is 6.40. The first-order valence-electron chi connectivity index (χ1n) is 10.4. The maximum Gasteiger partial charge on any atom is 0.511 e. The summed E-state index contributed by atoms with van der Waals surface area (Å²) in [4.78, 5) is 11.5. The summed E-state index contributed by atoms with van der Waals surface area (Å²) in [6.07, 6.45) is 8.30. The number of hydrogen-bond donors (Lipinski definition) is 1. The number of carbonyl (C=O) groups is 1. The Hall–Kier alpha value is -1.75. The zero-order valence-electron chi connectivity index (χ0n) is 16.7. The largest absolute Gasteiger partial charge is 0.511 e. The lowest BCUT2D eigenvalue weighted by Gasteiger charge is -2.47. The molecule has 2 N–H and O–H groups in total. The second-order valence-corrected chi connectivity index (χ2v) is 8.18. The van der Waals surface area contributed by atoms with Gasteiger partial charge in [0.2, 0.25) is 6.79 Å². The third-order valence-corrected chi connectivity index (χ3v) is 6.31. The second-order valence-electron chi connectivity index (χ2n) is 8.18. The average molecular weight is 376 g/mol. The Kier molecular flexibility index (Phi) is 6.64. The van der Waals surface area contributed by atoms with Gasteiger partial charge in [-0.1, -0.05) is 45.6 Å². The average Bonchev–Trinajstić information content (AvgIpc) is 2.66. The van der Waals surface area contributed by atoms with Gasteiger partial charge in [0.15, 0.2) is 0 Å². The van der Waals surface area contributed by atoms with Crippen LogP contribution in [0.15, 0.2) is 18.2 Å². The Morgan fingerprint density at radius 2 is 2.11 bits per heavy atom. The minimum absolute atomic E-state index is 0.0159. The molecule has 2 aliphatic carbocycles. The van der Waals surface area contributed by atoms with Gasteiger partial charge in [0.05, 0.1) is 6.61 Å². The lowest BCUT2D eigenvalue weighted by atomic mass is 9.60. The van der Waals surface area contributed by atoms with Crippen molar-refractivity contribution in [1.82, 2.24) is 0 Å². The quantitative estimate of drug-likeness (QED) is 0.443. The van der Waals surface area contributed by atoms with Crippen LogP contribution in [-0.2, 0) is 21.3 Å². The number of fused-ring (bicyclic) bond motifs is 4. The van der Waals surface area contributed by atoms with E-state index >= 15 is 0 Å². The van der Waals surface area contributed by atoms with Gasteiger partial charge in [-0.3, -0.25) is 0 Å². The van der Waals surface area contributed by atoms with E-state index in [4.69, 9.17) is 19.9 Å². The van der Waals surface area contributed by atoms with Crippen LogP contribution in [-0.4, -0.2) is 25.6 Å². The van der Waals surface area contributed by atoms with Gasteiger partial charge in [-0.2, -0.15) is 0 Å². The summed E-state index contributed by atoms with van der Waals surface area (Å²) < 4.78 is 15.6. The highest BCUT2D eigenvalue weighted by Gasteiger charge is 2.43. The smallest absolute Gasteiger partial charge is 0.457 e. The van der Waals surface area contributed by atoms with Crippen LogP contribution in [0, 0.1) is 5.92 Å². The number of hydrogen-bond acceptors (Lipinski definition) is 5. The van der Waals surface area contributed by atoms with Crippen molar-refractivity contribution >= 4 is 6.16 Å². The molecular formula is C22H33NO4. The summed E-state index contributed by atoms with van der Waals surface area (Å²) in [5.74, 6) is 1.28. The lowest BCUT2D eigenvalue weighted by molar-refractivity contribution is 0.00413. The summed E-state index contributed by atoms with van der Waals surface area (Å²) in [5.41, 5.74) is 9.40. The molecule has 0 aromatic heterocycles. The minimum Gasteiger partial charge on any atom is -0.457 e. The van der Waals surface area contributed by atoms with Gasteiger partial charge in [0, 0.05) is 11.5 Å². The van der Waals surface area contributed by atoms with Gasteiger partial charge in [-0.05, 0) is 54.9 Å². The number of rotatable bonds is 6. The molecule has 1 aromatic rings. The number of ether oxygens (including phenoxy) is 3. The fourth-order valence-electron chi connectivity index (χ4n) is 4.61. The van der Waals surface area contributed by atoms with Gasteiger partial charge in [0.1, 0.15) is 5.75 Å². The molecule has 1 fully saturated rings. The predicted octanol–water partition coefficient (Wildman–Crippen LogP) is 4.70. The normalized spacial score (nSPS) is 27.1. The summed E-state index contributed by atoms with van der Waals surface area (Å²) in [5, 5.41) is 0. The van der Waals surface area contributed by atoms with E-state index in [0.717, 1.165) is 25.7 Å². The molecule has 150 valence electrons. The Morgan fingerprint density at radius 3 is 2.93 bits per heavy atom. The molecule has 3 rings (SSSR count). The van der Waals surface area contributed by atoms with Crippen LogP contribution in [0.1, 0.15) is 69.9 Å². The number of nitrogens with two attached hydrogens (primary N) is 1. The van der Waals surface area contributed by atoms with Gasteiger partial charge >= 0.3 is 6.16 Å². The van der Waals surface area contributed by atoms with Crippen molar-refractivity contribution in [3.05, 3.63) is 29.3 Å². The number of benzene rings is 1. The molecule has 27 heavy (non-hydrogen) atoms. The van der Waals surface area contributed by atoms with Crippen LogP contribution >= 0.6 is 0 Å². The van der Waals surface area contributed by atoms with Crippen LogP contribution in [0.3, 0.4) is 0 Å². The second kappa shape index (κ2) is 8.96. The first kappa shape index (κ1) is 20.0. The van der Waals surface area contributed by atoms with E-state index in [0.29, 0.717) is 18.3 Å². The molecule has 5 heteroatoms. The van der Waals surface area contributed by atoms with Crippen LogP contribution in [0.2, 0.25) is 0 Å². The van der Waals surface area contributed by atoms with E-state index < -0.39 is 6.16 Å². The molecule has 2 bridgehead atoms. The first-order chi connectivity index (χ1) is 13.0. The third-order valence-electron chi connectivity index (χ3n) is 6.31. The maximum atomic E-state index is 11.5. The van der Waals surface area contributed by atoms with Crippen molar-refractivity contribution < 1.29 is 19.0 Å². The monoisotopic (exact) mass is 375 g/mol. The molecule has 1 saturated carbocycles. The van der Waals surface area contributed by atoms with E-state index in [1.807, 2.05) is 13.0 Å². The fraction of sp³-hybridized carbons (Fsp3) is 0.682. The van der Waals surface area contributed by atoms with Crippen LogP contribution in [0.5, 0.6) is 5.75 Å². The third kappa shape index (κ3) is 4.57. The molecule has 5 nitrogen and oxygen atoms in total. The van der Waals surface area contributed by atoms with Crippen LogP contribution in [0.4, 0.5) is 4.79 Å². The standard InChI is InChI=1S/C22H33NO4/c1-3-4-12-25-21(24)27-15-26-18-10-9-16-13-17-8-6-5-7-11-22(2,20(17)23)19(16)14-18/h9-10,14,17,20H,3-8,11-13,15,23H2,1-2H3/t17-,20-,22+/m0/s1. The van der Waals surface area contributed by atoms with E-state index in [1.165, 1.54) is 36.8 Å². The summed E-state index contributed by atoms with van der Waals surface area (Å²) in [6.45, 7) is 4.58. The predicted molar refractivity (Wildman–Crippen MR) is 105 cm³/mol. The van der Waals surface area contributed by atoms with Crippen molar-refractivity contribution in [1.29, 1.82) is 0 Å². The molecule has 3 atom stereocenters. The number of unbranched alkanes of at least 4 members (excludes halogenated alkanes) is 1. The van der Waals surface area contributed by atoms with E-state index in [9.17, 15) is 4.79 Å². The SMILES string of the molecule is CCCCOC(=O)OCOc1ccc2c(c1)[C@@]1(C)CCCCC[C@@H](C2)[C@@H]1N. The Bertz CT molecular complexity index is 647. The molecule has 0 amide bonds. The molecule has 1 aromatic carbocycles. The van der Waals surface area contributed by atoms with E-state index in [-0.39, 0.29) is 18.2 Å². The molecule has 0 aliphatic heterocycles. The van der Waals surface area contributed by atoms with Gasteiger partial charge < -0.3 is 19.9 Å². The van der Waals surface area contributed by atoms with Gasteiger partial charge in [-0.25, -0.2) is 4.79 Å². The van der Waals surface area contributed by atoms with Gasteiger partial charge in [0.25, 0.3) is 0 Å². The molecule has 0 saturated heterocycles. The zero-order chi connectivity index (χ0) is 19.3. The zero-order valence-corrected chi connectivity index (χ0v) is 16.7. The lowest BCUT2D eigenvalue weighted by Crippen LogP contribution is -2.52. The molecule has 2 aliphatic rings. The Balaban J connectivity index is 1.65. The van der Waals surface area contributed by atoms with Crippen molar-refractivity contribution in [2.45, 2.75) is 76.7 Å². The Labute approximate surface area is 162 Å². The fourth-order valence-corrected chi connectivity index (χ4v) is 4.61. The van der Waals surface area contributed by atoms with Gasteiger partial charge in [-0.15, -0.1) is 0 Å². The molecule has 0 radical (unpaired) electrons. The number of carbonyl (C=O) groups excluding carboxylic acids is 1. The van der Waals surface area contributed by atoms with Crippen LogP contribution < -0.4 is 10.5 Å². The molecule has 0 spiro atoms. The van der Waals surface area contributed by atoms with Crippen LogP contribution in [0.25, 0.3) is 0 Å². The Morgan fingerprint density at radius 1 is 1.26 bits per heavy atom. The maximum absolute atomic E-state index is 11.5. The highest BCUT2D eigenvalue weighted by molar-refractivity contribution is 5.59. The summed E-state index contributed by atoms with van der Waals surface area (Å²) >= 11 is 0. The van der Waals surface area contributed by atoms with Crippen molar-refractivity contribution in [2.75, 3.05) is 13.4 Å². The minimum atomic E-state index is -0.682. The molecular weight excluding hydrogens is 342 g/mol. The van der Waals surface area contributed by atoms with E-state index in [2.05, 4.69) is 19.1 Å². The highest BCUT2D eigenvalue weighted by Crippen LogP contribution is 2.46. The topological polar surface area (TPSA) is 70.8 Å². The molecule has 0 heterocycles. The van der Waals surface area contributed by atoms with E-state index in [1.54, 1.807) is 0 Å².